The first-order chi connectivity index (χ1) is 14.1. The van der Waals surface area contributed by atoms with Crippen LogP contribution in [0.15, 0.2) is 90.4 Å². The van der Waals surface area contributed by atoms with Gasteiger partial charge in [0, 0.05) is 36.9 Å². The minimum atomic E-state index is -0.459. The number of carbonyl (C=O) groups excluding carboxylic acids is 1. The molecule has 0 spiro atoms. The Morgan fingerprint density at radius 2 is 1.93 bits per heavy atom. The zero-order valence-electron chi connectivity index (χ0n) is 15.3. The summed E-state index contributed by atoms with van der Waals surface area (Å²) in [5.41, 5.74) is 1.93. The van der Waals surface area contributed by atoms with E-state index in [4.69, 9.17) is 0 Å². The molecule has 2 aromatic heterocycles. The fourth-order valence-corrected chi connectivity index (χ4v) is 2.99. The molecule has 0 fully saturated rings. The SMILES string of the molecule is O=C(Nc1cccc(Cn2ccnc2)c1)c1ccc(=O)n(-c2cccc(F)c2)c1. The fourth-order valence-electron chi connectivity index (χ4n) is 2.99. The Balaban J connectivity index is 1.56. The predicted molar refractivity (Wildman–Crippen MR) is 108 cm³/mol. The number of nitrogens with zero attached hydrogens (tertiary/aromatic N) is 3. The van der Waals surface area contributed by atoms with Gasteiger partial charge in [-0.15, -0.1) is 0 Å². The summed E-state index contributed by atoms with van der Waals surface area (Å²) in [4.78, 5) is 28.9. The predicted octanol–water partition coefficient (Wildman–Crippen LogP) is 3.47. The minimum Gasteiger partial charge on any atom is -0.333 e. The molecule has 0 aliphatic rings. The summed E-state index contributed by atoms with van der Waals surface area (Å²) < 4.78 is 16.7. The smallest absolute Gasteiger partial charge is 0.257 e. The summed E-state index contributed by atoms with van der Waals surface area (Å²) in [7, 11) is 0. The van der Waals surface area contributed by atoms with Crippen LogP contribution in [-0.2, 0) is 6.54 Å². The number of pyridine rings is 1. The van der Waals surface area contributed by atoms with Gasteiger partial charge in [-0.1, -0.05) is 18.2 Å². The van der Waals surface area contributed by atoms with Crippen LogP contribution in [0.5, 0.6) is 0 Å². The normalized spacial score (nSPS) is 10.7. The molecule has 2 aromatic carbocycles. The Hall–Kier alpha value is -4.00. The summed E-state index contributed by atoms with van der Waals surface area (Å²) in [6.45, 7) is 0.633. The fraction of sp³-hybridized carbons (Fsp3) is 0.0455. The highest BCUT2D eigenvalue weighted by Gasteiger charge is 2.10. The molecule has 2 heterocycles. The quantitative estimate of drug-likeness (QED) is 0.569. The van der Waals surface area contributed by atoms with Crippen LogP contribution in [0.4, 0.5) is 10.1 Å². The number of amides is 1. The third-order valence-corrected chi connectivity index (χ3v) is 4.37. The Bertz CT molecular complexity index is 1220. The third kappa shape index (κ3) is 4.30. The van der Waals surface area contributed by atoms with Crippen molar-refractivity contribution in [2.24, 2.45) is 0 Å². The van der Waals surface area contributed by atoms with E-state index in [-0.39, 0.29) is 17.0 Å². The van der Waals surface area contributed by atoms with Crippen molar-refractivity contribution in [2.75, 3.05) is 5.32 Å². The molecular weight excluding hydrogens is 371 g/mol. The molecule has 0 aliphatic carbocycles. The summed E-state index contributed by atoms with van der Waals surface area (Å²) in [6, 6.07) is 15.9. The van der Waals surface area contributed by atoms with Gasteiger partial charge < -0.3 is 9.88 Å². The lowest BCUT2D eigenvalue weighted by molar-refractivity contribution is 0.102. The molecule has 4 aromatic rings. The molecule has 0 saturated heterocycles. The van der Waals surface area contributed by atoms with Gasteiger partial charge in [-0.2, -0.15) is 0 Å². The van der Waals surface area contributed by atoms with Gasteiger partial charge >= 0.3 is 0 Å². The third-order valence-electron chi connectivity index (χ3n) is 4.37. The van der Waals surface area contributed by atoms with E-state index in [1.54, 1.807) is 24.7 Å². The van der Waals surface area contributed by atoms with Gasteiger partial charge in [-0.3, -0.25) is 14.2 Å². The number of anilines is 1. The molecule has 0 bridgehead atoms. The molecule has 7 heteroatoms. The van der Waals surface area contributed by atoms with Gasteiger partial charge in [-0.25, -0.2) is 9.37 Å². The average molecular weight is 388 g/mol. The Kier molecular flexibility index (Phi) is 5.03. The number of aromatic nitrogens is 3. The number of hydrogen-bond acceptors (Lipinski definition) is 3. The summed E-state index contributed by atoms with van der Waals surface area (Å²) in [5, 5.41) is 2.83. The van der Waals surface area contributed by atoms with Crippen LogP contribution in [0.3, 0.4) is 0 Å². The maximum atomic E-state index is 13.5. The second kappa shape index (κ2) is 7.93. The molecule has 0 radical (unpaired) electrons. The Morgan fingerprint density at radius 3 is 2.72 bits per heavy atom. The van der Waals surface area contributed by atoms with Gasteiger partial charge in [0.25, 0.3) is 11.5 Å². The molecule has 1 amide bonds. The zero-order chi connectivity index (χ0) is 20.2. The van der Waals surface area contributed by atoms with Crippen molar-refractivity contribution in [3.8, 4) is 5.69 Å². The van der Waals surface area contributed by atoms with Crippen LogP contribution in [0.2, 0.25) is 0 Å². The number of rotatable bonds is 5. The highest BCUT2D eigenvalue weighted by atomic mass is 19.1. The molecule has 0 aliphatic heterocycles. The Labute approximate surface area is 165 Å². The maximum Gasteiger partial charge on any atom is 0.257 e. The minimum absolute atomic E-state index is 0.286. The highest BCUT2D eigenvalue weighted by Crippen LogP contribution is 2.14. The largest absolute Gasteiger partial charge is 0.333 e. The van der Waals surface area contributed by atoms with Crippen molar-refractivity contribution in [3.63, 3.8) is 0 Å². The number of hydrogen-bond donors (Lipinski definition) is 1. The van der Waals surface area contributed by atoms with E-state index >= 15 is 0 Å². The first-order valence-electron chi connectivity index (χ1n) is 8.93. The molecule has 29 heavy (non-hydrogen) atoms. The van der Waals surface area contributed by atoms with Gasteiger partial charge in [0.05, 0.1) is 17.6 Å². The second-order valence-electron chi connectivity index (χ2n) is 6.50. The van der Waals surface area contributed by atoms with Crippen LogP contribution in [-0.4, -0.2) is 20.0 Å². The number of carbonyl (C=O) groups is 1. The molecule has 0 saturated carbocycles. The van der Waals surface area contributed by atoms with E-state index in [1.165, 1.54) is 41.1 Å². The summed E-state index contributed by atoms with van der Waals surface area (Å²) in [5.74, 6) is -0.825. The lowest BCUT2D eigenvalue weighted by atomic mass is 10.2. The van der Waals surface area contributed by atoms with Crippen LogP contribution in [0.25, 0.3) is 5.69 Å². The van der Waals surface area contributed by atoms with E-state index in [1.807, 2.05) is 29.0 Å². The molecule has 0 unspecified atom stereocenters. The lowest BCUT2D eigenvalue weighted by Crippen LogP contribution is -2.21. The van der Waals surface area contributed by atoms with Crippen LogP contribution in [0.1, 0.15) is 15.9 Å². The average Bonchev–Trinajstić information content (AvgIpc) is 3.21. The number of imidazole rings is 1. The van der Waals surface area contributed by atoms with Crippen LogP contribution >= 0.6 is 0 Å². The molecule has 1 N–H and O–H groups in total. The van der Waals surface area contributed by atoms with Crippen molar-refractivity contribution in [1.29, 1.82) is 0 Å². The van der Waals surface area contributed by atoms with Gasteiger partial charge in [0.2, 0.25) is 0 Å². The standard InChI is InChI=1S/C22H17FN4O2/c23-18-4-2-6-20(12-18)27-14-17(7-8-21(27)28)22(29)25-19-5-1-3-16(11-19)13-26-10-9-24-15-26/h1-12,14-15H,13H2,(H,25,29). The van der Waals surface area contributed by atoms with Gasteiger partial charge in [0.15, 0.2) is 0 Å². The number of benzene rings is 2. The molecule has 6 nitrogen and oxygen atoms in total. The van der Waals surface area contributed by atoms with E-state index in [0.717, 1.165) is 5.56 Å². The number of halogens is 1. The molecule has 0 atom stereocenters. The van der Waals surface area contributed by atoms with Gasteiger partial charge in [0.1, 0.15) is 5.82 Å². The first-order valence-corrected chi connectivity index (χ1v) is 8.93. The first kappa shape index (κ1) is 18.4. The van der Waals surface area contributed by atoms with E-state index in [9.17, 15) is 14.0 Å². The second-order valence-corrected chi connectivity index (χ2v) is 6.50. The van der Waals surface area contributed by atoms with Crippen molar-refractivity contribution in [3.05, 3.63) is 113 Å². The summed E-state index contributed by atoms with van der Waals surface area (Å²) >= 11 is 0. The van der Waals surface area contributed by atoms with E-state index in [2.05, 4.69) is 10.3 Å². The van der Waals surface area contributed by atoms with Crippen molar-refractivity contribution < 1.29 is 9.18 Å². The Morgan fingerprint density at radius 1 is 1.07 bits per heavy atom. The van der Waals surface area contributed by atoms with Crippen molar-refractivity contribution in [2.45, 2.75) is 6.54 Å². The lowest BCUT2D eigenvalue weighted by Gasteiger charge is -2.10. The monoisotopic (exact) mass is 388 g/mol. The summed E-state index contributed by atoms with van der Waals surface area (Å²) in [6.07, 6.45) is 6.70. The molecule has 4 rings (SSSR count). The maximum absolute atomic E-state index is 13.5. The molecular formula is C22H17FN4O2. The van der Waals surface area contributed by atoms with Crippen molar-refractivity contribution in [1.82, 2.24) is 14.1 Å². The number of nitrogens with one attached hydrogen (secondary N) is 1. The van der Waals surface area contributed by atoms with Crippen LogP contribution in [0, 0.1) is 5.82 Å². The van der Waals surface area contributed by atoms with E-state index < -0.39 is 5.82 Å². The topological polar surface area (TPSA) is 68.9 Å². The highest BCUT2D eigenvalue weighted by molar-refractivity contribution is 6.04. The van der Waals surface area contributed by atoms with E-state index in [0.29, 0.717) is 17.9 Å². The van der Waals surface area contributed by atoms with Crippen LogP contribution < -0.4 is 10.9 Å². The van der Waals surface area contributed by atoms with Crippen molar-refractivity contribution >= 4 is 11.6 Å². The van der Waals surface area contributed by atoms with Gasteiger partial charge in [-0.05, 0) is 42.0 Å². The zero-order valence-corrected chi connectivity index (χ0v) is 15.3. The molecule has 144 valence electrons.